The molecule has 0 atom stereocenters. The van der Waals surface area contributed by atoms with E-state index in [4.69, 9.17) is 0 Å². The summed E-state index contributed by atoms with van der Waals surface area (Å²) in [5.41, 5.74) is 19.4. The zero-order valence-electron chi connectivity index (χ0n) is 33.2. The van der Waals surface area contributed by atoms with Gasteiger partial charge in [0.05, 0.1) is 5.69 Å². The van der Waals surface area contributed by atoms with Crippen LogP contribution in [0.2, 0.25) is 0 Å². The third-order valence-electron chi connectivity index (χ3n) is 12.2. The third-order valence-corrected chi connectivity index (χ3v) is 12.2. The summed E-state index contributed by atoms with van der Waals surface area (Å²) in [7, 11) is 0. The van der Waals surface area contributed by atoms with Crippen molar-refractivity contribution in [2.24, 2.45) is 0 Å². The molecule has 0 unspecified atom stereocenters. The first-order valence-corrected chi connectivity index (χ1v) is 20.3. The van der Waals surface area contributed by atoms with Crippen LogP contribution < -0.4 is 31.1 Å². The third kappa shape index (κ3) is 5.51. The average Bonchev–Trinajstić information content (AvgIpc) is 3.24. The van der Waals surface area contributed by atoms with Crippen LogP contribution in [-0.2, 0) is 0 Å². The summed E-state index contributed by atoms with van der Waals surface area (Å²) < 4.78 is 0. The highest BCUT2D eigenvalue weighted by atomic mass is 15.2. The molecule has 0 amide bonds. The lowest BCUT2D eigenvalue weighted by Gasteiger charge is -2.45. The van der Waals surface area contributed by atoms with Gasteiger partial charge in [0.1, 0.15) is 0 Å². The van der Waals surface area contributed by atoms with Crippen LogP contribution in [0.5, 0.6) is 0 Å². The first kappa shape index (κ1) is 34.2. The predicted octanol–water partition coefficient (Wildman–Crippen LogP) is 12.8. The maximum atomic E-state index is 2.52. The van der Waals surface area contributed by atoms with Gasteiger partial charge in [0.15, 0.2) is 0 Å². The van der Waals surface area contributed by atoms with Gasteiger partial charge in [-0.25, -0.2) is 0 Å². The van der Waals surface area contributed by atoms with Gasteiger partial charge in [0.25, 0.3) is 6.71 Å². The highest BCUT2D eigenvalue weighted by Gasteiger charge is 2.44. The molecule has 0 bridgehead atoms. The highest BCUT2D eigenvalue weighted by Crippen LogP contribution is 2.48. The first-order valence-electron chi connectivity index (χ1n) is 20.3. The summed E-state index contributed by atoms with van der Waals surface area (Å²) in [6.45, 7) is 8.80. The minimum absolute atomic E-state index is 0.0448. The predicted molar refractivity (Wildman–Crippen MR) is 249 cm³/mol. The molecule has 0 radical (unpaired) electrons. The van der Waals surface area contributed by atoms with E-state index in [9.17, 15) is 0 Å². The fourth-order valence-electron chi connectivity index (χ4n) is 9.35. The fraction of sp³-hybridized carbons (Fsp3) is 0.0741. The zero-order chi connectivity index (χ0) is 39.1. The smallest absolute Gasteiger partial charge is 0.252 e. The van der Waals surface area contributed by atoms with Crippen LogP contribution in [0.3, 0.4) is 0 Å². The van der Waals surface area contributed by atoms with Crippen molar-refractivity contribution in [3.63, 3.8) is 0 Å². The SMILES string of the molecule is Cc1ccc(N2c3cc(C)ccc3B3c4ccc(C)cc4N(c4ccc(C)cc4)c4cc(N(c5ccc6ccccc6c5)c5ccc6ccccc6c5)cc2c43)cc1. The summed E-state index contributed by atoms with van der Waals surface area (Å²) in [6.07, 6.45) is 0. The van der Waals surface area contributed by atoms with Gasteiger partial charge in [-0.05, 0) is 150 Å². The summed E-state index contributed by atoms with van der Waals surface area (Å²) >= 11 is 0. The Hall–Kier alpha value is -7.04. The summed E-state index contributed by atoms with van der Waals surface area (Å²) in [5, 5.41) is 4.87. The van der Waals surface area contributed by atoms with Crippen molar-refractivity contribution in [1.29, 1.82) is 0 Å². The molecular formula is C54H42BN3. The van der Waals surface area contributed by atoms with Gasteiger partial charge < -0.3 is 14.7 Å². The molecule has 0 aromatic heterocycles. The lowest BCUT2D eigenvalue weighted by atomic mass is 9.33. The maximum absolute atomic E-state index is 2.52. The van der Waals surface area contributed by atoms with Gasteiger partial charge in [-0.15, -0.1) is 0 Å². The van der Waals surface area contributed by atoms with E-state index in [2.05, 4.69) is 224 Å². The van der Waals surface area contributed by atoms with Crippen molar-refractivity contribution in [2.45, 2.75) is 27.7 Å². The van der Waals surface area contributed by atoms with Gasteiger partial charge in [-0.3, -0.25) is 0 Å². The van der Waals surface area contributed by atoms with Crippen LogP contribution >= 0.6 is 0 Å². The van der Waals surface area contributed by atoms with Crippen LogP contribution in [-0.4, -0.2) is 6.71 Å². The van der Waals surface area contributed by atoms with E-state index >= 15 is 0 Å². The molecule has 4 heteroatoms. The summed E-state index contributed by atoms with van der Waals surface area (Å²) in [5.74, 6) is 0. The Labute approximate surface area is 341 Å². The Balaban J connectivity index is 1.27. The number of rotatable bonds is 5. The quantitative estimate of drug-likeness (QED) is 0.163. The van der Waals surface area contributed by atoms with E-state index in [1.54, 1.807) is 0 Å². The minimum Gasteiger partial charge on any atom is -0.311 e. The van der Waals surface area contributed by atoms with Crippen molar-refractivity contribution >= 4 is 95.8 Å². The van der Waals surface area contributed by atoms with E-state index in [-0.39, 0.29) is 6.71 Å². The van der Waals surface area contributed by atoms with E-state index in [0.29, 0.717) is 0 Å². The molecule has 0 saturated carbocycles. The number of fused-ring (bicyclic) bond motifs is 6. The largest absolute Gasteiger partial charge is 0.311 e. The zero-order valence-corrected chi connectivity index (χ0v) is 33.2. The highest BCUT2D eigenvalue weighted by molar-refractivity contribution is 7.00. The van der Waals surface area contributed by atoms with Gasteiger partial charge >= 0.3 is 0 Å². The van der Waals surface area contributed by atoms with Crippen LogP contribution in [0.1, 0.15) is 22.3 Å². The van der Waals surface area contributed by atoms with Crippen LogP contribution in [0.4, 0.5) is 51.2 Å². The Morgan fingerprint density at radius 1 is 0.345 bits per heavy atom. The lowest BCUT2D eigenvalue weighted by Crippen LogP contribution is -2.61. The monoisotopic (exact) mass is 743 g/mol. The molecule has 0 fully saturated rings. The molecule has 0 spiro atoms. The Morgan fingerprint density at radius 3 is 1.21 bits per heavy atom. The number of hydrogen-bond donors (Lipinski definition) is 0. The number of aryl methyl sites for hydroxylation is 4. The molecule has 276 valence electrons. The van der Waals surface area contributed by atoms with Crippen molar-refractivity contribution in [2.75, 3.05) is 14.7 Å². The minimum atomic E-state index is 0.0448. The molecule has 2 aliphatic rings. The molecule has 58 heavy (non-hydrogen) atoms. The Kier molecular flexibility index (Phi) is 7.84. The second kappa shape index (κ2) is 13.3. The molecule has 0 N–H and O–H groups in total. The van der Waals surface area contributed by atoms with Crippen LogP contribution in [0, 0.1) is 27.7 Å². The molecule has 11 rings (SSSR count). The second-order valence-electron chi connectivity index (χ2n) is 16.2. The number of hydrogen-bond acceptors (Lipinski definition) is 3. The Morgan fingerprint density at radius 2 is 0.759 bits per heavy atom. The van der Waals surface area contributed by atoms with E-state index < -0.39 is 0 Å². The average molecular weight is 744 g/mol. The molecule has 0 aliphatic carbocycles. The van der Waals surface area contributed by atoms with Gasteiger partial charge in [-0.2, -0.15) is 0 Å². The first-order chi connectivity index (χ1) is 28.4. The molecule has 9 aromatic rings. The van der Waals surface area contributed by atoms with Crippen LogP contribution in [0.15, 0.2) is 182 Å². The van der Waals surface area contributed by atoms with Gasteiger partial charge in [0, 0.05) is 45.5 Å². The van der Waals surface area contributed by atoms with Gasteiger partial charge in [0.2, 0.25) is 0 Å². The van der Waals surface area contributed by atoms with Crippen molar-refractivity contribution in [1.82, 2.24) is 0 Å². The summed E-state index contributed by atoms with van der Waals surface area (Å²) in [4.78, 5) is 7.50. The Bertz CT molecular complexity index is 2870. The van der Waals surface area contributed by atoms with E-state index in [0.717, 1.165) is 28.4 Å². The van der Waals surface area contributed by atoms with Crippen molar-refractivity contribution < 1.29 is 0 Å². The fourth-order valence-corrected chi connectivity index (χ4v) is 9.35. The number of benzene rings is 9. The second-order valence-corrected chi connectivity index (χ2v) is 16.2. The molecule has 2 heterocycles. The molecular weight excluding hydrogens is 701 g/mol. The summed E-state index contributed by atoms with van der Waals surface area (Å²) in [6, 6.07) is 68.1. The molecule has 3 nitrogen and oxygen atoms in total. The van der Waals surface area contributed by atoms with E-state index in [1.165, 1.54) is 82.9 Å². The van der Waals surface area contributed by atoms with Crippen molar-refractivity contribution in [3.05, 3.63) is 204 Å². The normalized spacial score (nSPS) is 12.7. The van der Waals surface area contributed by atoms with Crippen molar-refractivity contribution in [3.8, 4) is 0 Å². The molecule has 9 aromatic carbocycles. The molecule has 2 aliphatic heterocycles. The standard InChI is InChI=1S/C54H42BN3/c1-35-13-21-43(22-14-35)57-50-29-37(3)17-27-48(50)55-49-28-18-38(4)30-51(49)58(44-23-15-36(2)16-24-44)53-34-47(33-52(57)54(53)55)56(45-25-19-39-9-5-7-11-41(39)31-45)46-26-20-40-10-6-8-12-42(40)32-46/h5-34H,1-4H3. The number of anilines is 9. The maximum Gasteiger partial charge on any atom is 0.252 e. The topological polar surface area (TPSA) is 9.72 Å². The molecule has 0 saturated heterocycles. The lowest BCUT2D eigenvalue weighted by molar-refractivity contribution is 1.22. The number of nitrogens with zero attached hydrogens (tertiary/aromatic N) is 3. The van der Waals surface area contributed by atoms with Gasteiger partial charge in [-0.1, -0.05) is 120 Å². The van der Waals surface area contributed by atoms with Crippen LogP contribution in [0.25, 0.3) is 21.5 Å². The van der Waals surface area contributed by atoms with E-state index in [1.807, 2.05) is 0 Å².